The average Bonchev–Trinajstić information content (AvgIpc) is 1.97. The summed E-state index contributed by atoms with van der Waals surface area (Å²) in [6, 6.07) is 0. The molecule has 19 heteroatoms. The molecule has 0 aliphatic carbocycles. The predicted molar refractivity (Wildman–Crippen MR) is 372 cm³/mol. The van der Waals surface area contributed by atoms with Gasteiger partial charge in [-0.15, -0.1) is 0 Å². The van der Waals surface area contributed by atoms with E-state index >= 15 is 0 Å². The van der Waals surface area contributed by atoms with Crippen molar-refractivity contribution in [2.24, 2.45) is 11.8 Å². The SMILES string of the molecule is CCCCCCCCCCCCCCCCC(=O)OC[C@H](COP(=O)(O)OC[C@@H](O)COP(=O)(O)OC[C@@H](COC(=O)CCCCCCCCC)OC(=O)CCCCCCCCCCCCC(C)C)OC(=O)CCCCCCCCCCCCCCCCC(C)CC. The number of carbonyl (C=O) groups is 4. The molecule has 6 atom stereocenters. The lowest BCUT2D eigenvalue weighted by molar-refractivity contribution is -0.161. The second-order valence-electron chi connectivity index (χ2n) is 27.1. The number of rotatable bonds is 72. The summed E-state index contributed by atoms with van der Waals surface area (Å²) < 4.78 is 68.3. The number of hydrogen-bond donors (Lipinski definition) is 3. The summed E-state index contributed by atoms with van der Waals surface area (Å²) in [4.78, 5) is 72.6. The Balaban J connectivity index is 5.20. The number of phosphoric acid groups is 2. The van der Waals surface area contributed by atoms with Crippen molar-refractivity contribution in [2.45, 2.75) is 394 Å². The second-order valence-corrected chi connectivity index (χ2v) is 30.0. The zero-order chi connectivity index (χ0) is 67.9. The maximum Gasteiger partial charge on any atom is 0.472 e. The molecular formula is C73H142O17P2. The van der Waals surface area contributed by atoms with Crippen LogP contribution in [0.4, 0.5) is 0 Å². The Labute approximate surface area is 562 Å². The molecule has 0 aliphatic rings. The first kappa shape index (κ1) is 90.1. The van der Waals surface area contributed by atoms with Gasteiger partial charge in [-0.05, 0) is 37.5 Å². The molecule has 0 spiro atoms. The lowest BCUT2D eigenvalue weighted by Crippen LogP contribution is -2.30. The molecule has 546 valence electrons. The Morgan fingerprint density at radius 2 is 0.554 bits per heavy atom. The molecular weight excluding hydrogens is 1210 g/mol. The van der Waals surface area contributed by atoms with Gasteiger partial charge < -0.3 is 33.8 Å². The number of aliphatic hydroxyl groups excluding tert-OH is 1. The van der Waals surface area contributed by atoms with Gasteiger partial charge in [0.05, 0.1) is 26.4 Å². The smallest absolute Gasteiger partial charge is 0.462 e. The fraction of sp³-hybridized carbons (Fsp3) is 0.945. The summed E-state index contributed by atoms with van der Waals surface area (Å²) >= 11 is 0. The minimum Gasteiger partial charge on any atom is -0.462 e. The Hall–Kier alpha value is -1.94. The Morgan fingerprint density at radius 3 is 0.826 bits per heavy atom. The lowest BCUT2D eigenvalue weighted by atomic mass is 9.99. The number of ether oxygens (including phenoxy) is 4. The minimum absolute atomic E-state index is 0.106. The molecule has 0 saturated heterocycles. The van der Waals surface area contributed by atoms with Crippen molar-refractivity contribution in [3.63, 3.8) is 0 Å². The highest BCUT2D eigenvalue weighted by Crippen LogP contribution is 2.45. The van der Waals surface area contributed by atoms with Crippen molar-refractivity contribution in [1.82, 2.24) is 0 Å². The van der Waals surface area contributed by atoms with Gasteiger partial charge in [0.2, 0.25) is 0 Å². The van der Waals surface area contributed by atoms with Crippen LogP contribution in [0.2, 0.25) is 0 Å². The van der Waals surface area contributed by atoms with Gasteiger partial charge in [-0.2, -0.15) is 0 Å². The van der Waals surface area contributed by atoms with Gasteiger partial charge in [0, 0.05) is 25.7 Å². The second kappa shape index (κ2) is 65.0. The van der Waals surface area contributed by atoms with Crippen molar-refractivity contribution in [1.29, 1.82) is 0 Å². The molecule has 0 bridgehead atoms. The number of aliphatic hydroxyl groups is 1. The topological polar surface area (TPSA) is 237 Å². The van der Waals surface area contributed by atoms with E-state index < -0.39 is 97.5 Å². The fourth-order valence-electron chi connectivity index (χ4n) is 11.1. The molecule has 0 aliphatic heterocycles. The van der Waals surface area contributed by atoms with Crippen LogP contribution in [0.3, 0.4) is 0 Å². The van der Waals surface area contributed by atoms with Crippen LogP contribution in [0.5, 0.6) is 0 Å². The summed E-state index contributed by atoms with van der Waals surface area (Å²) in [6.07, 6.45) is 51.3. The van der Waals surface area contributed by atoms with E-state index in [0.717, 1.165) is 115 Å². The van der Waals surface area contributed by atoms with Gasteiger partial charge in [-0.25, -0.2) is 9.13 Å². The van der Waals surface area contributed by atoms with Crippen LogP contribution >= 0.6 is 15.6 Å². The third-order valence-electron chi connectivity index (χ3n) is 17.3. The number of hydrogen-bond acceptors (Lipinski definition) is 15. The van der Waals surface area contributed by atoms with E-state index in [-0.39, 0.29) is 25.7 Å². The van der Waals surface area contributed by atoms with Gasteiger partial charge in [-0.1, -0.05) is 324 Å². The molecule has 17 nitrogen and oxygen atoms in total. The molecule has 0 amide bonds. The fourth-order valence-corrected chi connectivity index (χ4v) is 12.7. The highest BCUT2D eigenvalue weighted by molar-refractivity contribution is 7.47. The van der Waals surface area contributed by atoms with Gasteiger partial charge >= 0.3 is 39.5 Å². The highest BCUT2D eigenvalue weighted by atomic mass is 31.2. The largest absolute Gasteiger partial charge is 0.472 e. The van der Waals surface area contributed by atoms with Crippen LogP contribution in [-0.2, 0) is 65.4 Å². The molecule has 0 heterocycles. The molecule has 0 aromatic rings. The van der Waals surface area contributed by atoms with E-state index in [1.54, 1.807) is 0 Å². The summed E-state index contributed by atoms with van der Waals surface area (Å²) in [5.41, 5.74) is 0. The van der Waals surface area contributed by atoms with E-state index in [1.165, 1.54) is 180 Å². The van der Waals surface area contributed by atoms with Crippen LogP contribution in [-0.4, -0.2) is 96.7 Å². The lowest BCUT2D eigenvalue weighted by Gasteiger charge is -2.21. The van der Waals surface area contributed by atoms with Crippen LogP contribution in [0.1, 0.15) is 375 Å². The third kappa shape index (κ3) is 65.4. The van der Waals surface area contributed by atoms with Crippen LogP contribution < -0.4 is 0 Å². The Bertz CT molecular complexity index is 1790. The van der Waals surface area contributed by atoms with E-state index in [9.17, 15) is 43.2 Å². The maximum atomic E-state index is 13.1. The van der Waals surface area contributed by atoms with Gasteiger partial charge in [0.25, 0.3) is 0 Å². The van der Waals surface area contributed by atoms with Crippen LogP contribution in [0, 0.1) is 11.8 Å². The molecule has 0 radical (unpaired) electrons. The Kier molecular flexibility index (Phi) is 63.7. The minimum atomic E-state index is -4.95. The van der Waals surface area contributed by atoms with Crippen LogP contribution in [0.25, 0.3) is 0 Å². The molecule has 0 rings (SSSR count). The van der Waals surface area contributed by atoms with Crippen LogP contribution in [0.15, 0.2) is 0 Å². The standard InChI is InChI=1S/C73H142O17P2/c1-7-10-12-14-16-17-18-19-23-26-32-38-44-50-56-71(76)84-62-69(90-72(77)57-51-45-39-33-27-24-21-20-22-25-31-37-42-48-54-66(6)9-3)64-88-92(81,82)86-60-67(74)59-85-91(79,80)87-63-68(61-83-70(75)55-49-43-35-15-13-11-8-2)89-73(78)58-52-46-40-34-29-28-30-36-41-47-53-65(4)5/h65-69,74H,7-64H2,1-6H3,(H,79,80)(H,81,82)/t66?,67-,68+,69+/m0/s1. The predicted octanol–water partition coefficient (Wildman–Crippen LogP) is 21.2. The summed E-state index contributed by atoms with van der Waals surface area (Å²) in [5.74, 6) is -0.525. The summed E-state index contributed by atoms with van der Waals surface area (Å²) in [7, 11) is -9.90. The molecule has 0 fully saturated rings. The number of carbonyl (C=O) groups excluding carboxylic acids is 4. The molecule has 0 aromatic carbocycles. The normalized spacial score (nSPS) is 14.4. The van der Waals surface area contributed by atoms with Crippen molar-refractivity contribution in [2.75, 3.05) is 39.6 Å². The van der Waals surface area contributed by atoms with Gasteiger partial charge in [0.1, 0.15) is 19.3 Å². The first-order valence-electron chi connectivity index (χ1n) is 38.0. The van der Waals surface area contributed by atoms with E-state index in [1.807, 2.05) is 0 Å². The molecule has 92 heavy (non-hydrogen) atoms. The van der Waals surface area contributed by atoms with Crippen molar-refractivity contribution in [3.05, 3.63) is 0 Å². The first-order valence-corrected chi connectivity index (χ1v) is 41.0. The highest BCUT2D eigenvalue weighted by Gasteiger charge is 2.30. The molecule has 0 saturated carbocycles. The van der Waals surface area contributed by atoms with Crippen molar-refractivity contribution in [3.8, 4) is 0 Å². The third-order valence-corrected chi connectivity index (χ3v) is 19.2. The molecule has 3 N–H and O–H groups in total. The summed E-state index contributed by atoms with van der Waals surface area (Å²) in [5, 5.41) is 10.6. The van der Waals surface area contributed by atoms with E-state index in [4.69, 9.17) is 37.0 Å². The maximum absolute atomic E-state index is 13.1. The molecule has 0 aromatic heterocycles. The Morgan fingerprint density at radius 1 is 0.315 bits per heavy atom. The van der Waals surface area contributed by atoms with E-state index in [2.05, 4.69) is 41.5 Å². The molecule has 3 unspecified atom stereocenters. The number of unbranched alkanes of at least 4 members (excludes halogenated alkanes) is 41. The zero-order valence-corrected chi connectivity index (χ0v) is 61.6. The van der Waals surface area contributed by atoms with E-state index in [0.29, 0.717) is 25.7 Å². The average molecular weight is 1350 g/mol. The quantitative estimate of drug-likeness (QED) is 0.0222. The van der Waals surface area contributed by atoms with Crippen molar-refractivity contribution < 1.29 is 80.2 Å². The van der Waals surface area contributed by atoms with Crippen molar-refractivity contribution >= 4 is 39.5 Å². The monoisotopic (exact) mass is 1350 g/mol. The number of phosphoric ester groups is 2. The number of esters is 4. The van der Waals surface area contributed by atoms with Gasteiger partial charge in [0.15, 0.2) is 12.2 Å². The first-order chi connectivity index (χ1) is 44.4. The summed E-state index contributed by atoms with van der Waals surface area (Å²) in [6.45, 7) is 9.58. The zero-order valence-electron chi connectivity index (χ0n) is 59.9. The van der Waals surface area contributed by atoms with Gasteiger partial charge in [-0.3, -0.25) is 37.3 Å².